The Kier molecular flexibility index (Phi) is 5.60. The summed E-state index contributed by atoms with van der Waals surface area (Å²) < 4.78 is 5.00. The van der Waals surface area contributed by atoms with Crippen LogP contribution in [-0.4, -0.2) is 29.6 Å². The Morgan fingerprint density at radius 3 is 2.63 bits per heavy atom. The normalized spacial score (nSPS) is 11.4. The van der Waals surface area contributed by atoms with Crippen LogP contribution in [0.2, 0.25) is 0 Å². The molecule has 0 aliphatic heterocycles. The number of carbonyl (C=O) groups excluding carboxylic acids is 2. The van der Waals surface area contributed by atoms with Crippen LogP contribution in [0.4, 0.5) is 0 Å². The molecule has 1 aromatic rings. The number of phenolic OH excluding ortho intramolecular Hbond substituents is 1. The van der Waals surface area contributed by atoms with Crippen molar-refractivity contribution >= 4 is 11.9 Å². The fourth-order valence-electron chi connectivity index (χ4n) is 1.39. The van der Waals surface area contributed by atoms with Crippen LogP contribution in [0.15, 0.2) is 36.9 Å². The Bertz CT molecular complexity index is 453. The Balaban J connectivity index is 2.44. The molecule has 1 amide bonds. The molecule has 2 N–H and O–H groups in total. The van der Waals surface area contributed by atoms with E-state index in [4.69, 9.17) is 9.84 Å². The number of carbonyl (C=O) groups is 2. The van der Waals surface area contributed by atoms with Crippen LogP contribution in [-0.2, 0) is 20.7 Å². The van der Waals surface area contributed by atoms with E-state index in [0.29, 0.717) is 12.1 Å². The first kappa shape index (κ1) is 14.8. The maximum absolute atomic E-state index is 11.6. The first-order valence-electron chi connectivity index (χ1n) is 5.89. The van der Waals surface area contributed by atoms with Gasteiger partial charge < -0.3 is 15.2 Å². The minimum Gasteiger partial charge on any atom is -0.508 e. The summed E-state index contributed by atoms with van der Waals surface area (Å²) in [6.07, 6.45) is 0.756. The van der Waals surface area contributed by atoms with E-state index in [1.807, 2.05) is 0 Å². The summed E-state index contributed by atoms with van der Waals surface area (Å²) in [4.78, 5) is 23.1. The largest absolute Gasteiger partial charge is 0.508 e. The fourth-order valence-corrected chi connectivity index (χ4v) is 1.39. The van der Waals surface area contributed by atoms with Crippen LogP contribution in [0.3, 0.4) is 0 Å². The van der Waals surface area contributed by atoms with Crippen molar-refractivity contribution in [1.82, 2.24) is 5.32 Å². The molecule has 0 aliphatic rings. The second-order valence-corrected chi connectivity index (χ2v) is 4.01. The first-order valence-corrected chi connectivity index (χ1v) is 5.89. The van der Waals surface area contributed by atoms with Crippen molar-refractivity contribution in [3.63, 3.8) is 0 Å². The standard InChI is InChI=1S/C14H17NO4/c1-3-8-15-14(18)10(2)19-13(17)9-11-4-6-12(16)7-5-11/h3-7,10,16H,1,8-9H2,2H3,(H,15,18)/t10-/m1/s1. The molecule has 1 aromatic carbocycles. The van der Waals surface area contributed by atoms with Gasteiger partial charge in [0.2, 0.25) is 0 Å². The van der Waals surface area contributed by atoms with Gasteiger partial charge in [-0.2, -0.15) is 0 Å². The Hall–Kier alpha value is -2.30. The van der Waals surface area contributed by atoms with Crippen LogP contribution in [0.25, 0.3) is 0 Å². The molecule has 1 rings (SSSR count). The zero-order chi connectivity index (χ0) is 14.3. The molecule has 0 heterocycles. The van der Waals surface area contributed by atoms with Crippen molar-refractivity contribution in [2.75, 3.05) is 6.54 Å². The number of nitrogens with one attached hydrogen (secondary N) is 1. The molecular weight excluding hydrogens is 246 g/mol. The van der Waals surface area contributed by atoms with Crippen LogP contribution in [0.5, 0.6) is 5.75 Å². The summed E-state index contributed by atoms with van der Waals surface area (Å²) in [5.74, 6) is -0.722. The summed E-state index contributed by atoms with van der Waals surface area (Å²) in [5.41, 5.74) is 0.710. The molecule has 0 aliphatic carbocycles. The van der Waals surface area contributed by atoms with Gasteiger partial charge in [-0.1, -0.05) is 18.2 Å². The SMILES string of the molecule is C=CCNC(=O)[C@@H](C)OC(=O)Cc1ccc(O)cc1. The van der Waals surface area contributed by atoms with Crippen LogP contribution < -0.4 is 5.32 Å². The van der Waals surface area contributed by atoms with Gasteiger partial charge in [-0.05, 0) is 24.6 Å². The van der Waals surface area contributed by atoms with Gasteiger partial charge in [0, 0.05) is 6.54 Å². The van der Waals surface area contributed by atoms with Gasteiger partial charge in [0.05, 0.1) is 6.42 Å². The van der Waals surface area contributed by atoms with Crippen LogP contribution in [0.1, 0.15) is 12.5 Å². The van der Waals surface area contributed by atoms with Gasteiger partial charge in [-0.3, -0.25) is 9.59 Å². The summed E-state index contributed by atoms with van der Waals surface area (Å²) >= 11 is 0. The van der Waals surface area contributed by atoms with Crippen molar-refractivity contribution in [3.05, 3.63) is 42.5 Å². The van der Waals surface area contributed by atoms with Crippen LogP contribution >= 0.6 is 0 Å². The van der Waals surface area contributed by atoms with E-state index >= 15 is 0 Å². The van der Waals surface area contributed by atoms with Crippen molar-refractivity contribution in [2.45, 2.75) is 19.4 Å². The molecule has 0 saturated heterocycles. The van der Waals surface area contributed by atoms with Gasteiger partial charge in [-0.15, -0.1) is 6.58 Å². The number of esters is 1. The predicted molar refractivity (Wildman–Crippen MR) is 70.6 cm³/mol. The third-order valence-electron chi connectivity index (χ3n) is 2.38. The second kappa shape index (κ2) is 7.20. The molecule has 0 spiro atoms. The van der Waals surface area contributed by atoms with Gasteiger partial charge in [-0.25, -0.2) is 0 Å². The van der Waals surface area contributed by atoms with E-state index in [-0.39, 0.29) is 18.1 Å². The summed E-state index contributed by atoms with van der Waals surface area (Å²) in [6, 6.07) is 6.23. The number of aromatic hydroxyl groups is 1. The topological polar surface area (TPSA) is 75.6 Å². The molecule has 0 radical (unpaired) electrons. The summed E-state index contributed by atoms with van der Waals surface area (Å²) in [7, 11) is 0. The summed E-state index contributed by atoms with van der Waals surface area (Å²) in [6.45, 7) is 5.31. The smallest absolute Gasteiger partial charge is 0.311 e. The number of hydrogen-bond donors (Lipinski definition) is 2. The number of ether oxygens (including phenoxy) is 1. The average Bonchev–Trinajstić information content (AvgIpc) is 2.38. The molecular formula is C14H17NO4. The molecule has 0 unspecified atom stereocenters. The number of amides is 1. The van der Waals surface area contributed by atoms with Crippen LogP contribution in [0, 0.1) is 0 Å². The number of rotatable bonds is 6. The number of phenols is 1. The van der Waals surface area contributed by atoms with Crippen molar-refractivity contribution < 1.29 is 19.4 Å². The molecule has 0 bridgehead atoms. The van der Waals surface area contributed by atoms with E-state index < -0.39 is 12.1 Å². The van der Waals surface area contributed by atoms with Crippen molar-refractivity contribution in [3.8, 4) is 5.75 Å². The lowest BCUT2D eigenvalue weighted by molar-refractivity contribution is -0.154. The lowest BCUT2D eigenvalue weighted by Crippen LogP contribution is -2.36. The maximum atomic E-state index is 11.6. The molecule has 19 heavy (non-hydrogen) atoms. The van der Waals surface area contributed by atoms with Crippen molar-refractivity contribution in [2.24, 2.45) is 0 Å². The monoisotopic (exact) mass is 263 g/mol. The van der Waals surface area contributed by atoms with Gasteiger partial charge in [0.1, 0.15) is 5.75 Å². The Morgan fingerprint density at radius 2 is 2.05 bits per heavy atom. The maximum Gasteiger partial charge on any atom is 0.311 e. The third-order valence-corrected chi connectivity index (χ3v) is 2.38. The third kappa shape index (κ3) is 5.25. The molecule has 0 saturated carbocycles. The highest BCUT2D eigenvalue weighted by molar-refractivity contribution is 5.83. The minimum absolute atomic E-state index is 0.0549. The molecule has 1 atom stereocenters. The molecule has 5 heteroatoms. The quantitative estimate of drug-likeness (QED) is 0.596. The van der Waals surface area contributed by atoms with E-state index in [9.17, 15) is 9.59 Å². The highest BCUT2D eigenvalue weighted by atomic mass is 16.5. The lowest BCUT2D eigenvalue weighted by atomic mass is 10.1. The zero-order valence-electron chi connectivity index (χ0n) is 10.8. The Labute approximate surface area is 111 Å². The van der Waals surface area contributed by atoms with Crippen molar-refractivity contribution in [1.29, 1.82) is 0 Å². The molecule has 0 fully saturated rings. The molecule has 0 aromatic heterocycles. The molecule has 102 valence electrons. The minimum atomic E-state index is -0.843. The van der Waals surface area contributed by atoms with E-state index in [1.165, 1.54) is 19.1 Å². The molecule has 5 nitrogen and oxygen atoms in total. The van der Waals surface area contributed by atoms with E-state index in [2.05, 4.69) is 11.9 Å². The van der Waals surface area contributed by atoms with Gasteiger partial charge in [0.25, 0.3) is 5.91 Å². The fraction of sp³-hybridized carbons (Fsp3) is 0.286. The predicted octanol–water partition coefficient (Wildman–Crippen LogP) is 1.17. The van der Waals surface area contributed by atoms with E-state index in [1.54, 1.807) is 18.2 Å². The second-order valence-electron chi connectivity index (χ2n) is 4.01. The Morgan fingerprint density at radius 1 is 1.42 bits per heavy atom. The number of benzene rings is 1. The van der Waals surface area contributed by atoms with E-state index in [0.717, 1.165) is 0 Å². The van der Waals surface area contributed by atoms with Gasteiger partial charge in [0.15, 0.2) is 6.10 Å². The average molecular weight is 263 g/mol. The highest BCUT2D eigenvalue weighted by Crippen LogP contribution is 2.10. The number of hydrogen-bond acceptors (Lipinski definition) is 4. The highest BCUT2D eigenvalue weighted by Gasteiger charge is 2.17. The first-order chi connectivity index (χ1) is 9.02. The summed E-state index contributed by atoms with van der Waals surface area (Å²) in [5, 5.41) is 11.7. The zero-order valence-corrected chi connectivity index (χ0v) is 10.8. The lowest BCUT2D eigenvalue weighted by Gasteiger charge is -2.12. The van der Waals surface area contributed by atoms with Gasteiger partial charge >= 0.3 is 5.97 Å².